The summed E-state index contributed by atoms with van der Waals surface area (Å²) in [7, 11) is 0. The van der Waals surface area contributed by atoms with E-state index in [0.29, 0.717) is 10.8 Å². The Balaban J connectivity index is 2.01. The molecule has 0 bridgehead atoms. The van der Waals surface area contributed by atoms with Gasteiger partial charge in [-0.3, -0.25) is 4.79 Å². The van der Waals surface area contributed by atoms with Crippen LogP contribution >= 0.6 is 11.6 Å². The first-order chi connectivity index (χ1) is 8.65. The lowest BCUT2D eigenvalue weighted by atomic mass is 10.1. The lowest BCUT2D eigenvalue weighted by Gasteiger charge is -2.05. The third-order valence-corrected chi connectivity index (χ3v) is 2.60. The molecule has 0 aliphatic rings. The largest absolute Gasteiger partial charge is 0.309 e. The topological polar surface area (TPSA) is 42.0 Å². The van der Waals surface area contributed by atoms with Crippen LogP contribution in [-0.2, 0) is 11.2 Å². The quantitative estimate of drug-likeness (QED) is 0.926. The Bertz CT molecular complexity index is 557. The highest BCUT2D eigenvalue weighted by Crippen LogP contribution is 2.17. The van der Waals surface area contributed by atoms with E-state index in [1.807, 2.05) is 0 Å². The fourth-order valence-electron chi connectivity index (χ4n) is 1.44. The van der Waals surface area contributed by atoms with E-state index in [2.05, 4.69) is 10.3 Å². The van der Waals surface area contributed by atoms with Gasteiger partial charge in [-0.1, -0.05) is 23.7 Å². The molecule has 2 rings (SSSR count). The number of hydrogen-bond acceptors (Lipinski definition) is 2. The third-order valence-electron chi connectivity index (χ3n) is 2.29. The molecule has 0 saturated carbocycles. The summed E-state index contributed by atoms with van der Waals surface area (Å²) >= 11 is 5.87. The summed E-state index contributed by atoms with van der Waals surface area (Å²) in [6.07, 6.45) is 1.69. The van der Waals surface area contributed by atoms with Crippen molar-refractivity contribution in [3.05, 3.63) is 59.0 Å². The maximum Gasteiger partial charge on any atom is 0.229 e. The first kappa shape index (κ1) is 12.5. The molecule has 1 amide bonds. The van der Waals surface area contributed by atoms with Gasteiger partial charge in [0.25, 0.3) is 0 Å². The average Bonchev–Trinajstić information content (AvgIpc) is 2.35. The van der Waals surface area contributed by atoms with Gasteiger partial charge < -0.3 is 5.32 Å². The van der Waals surface area contributed by atoms with E-state index in [-0.39, 0.29) is 18.1 Å². The van der Waals surface area contributed by atoms with E-state index in [1.54, 1.807) is 30.5 Å². The highest BCUT2D eigenvalue weighted by molar-refractivity contribution is 6.33. The molecule has 1 aromatic carbocycles. The molecule has 0 unspecified atom stereocenters. The lowest BCUT2D eigenvalue weighted by molar-refractivity contribution is -0.115. The van der Waals surface area contributed by atoms with Gasteiger partial charge in [0.1, 0.15) is 5.82 Å². The van der Waals surface area contributed by atoms with E-state index in [9.17, 15) is 9.18 Å². The van der Waals surface area contributed by atoms with Crippen LogP contribution in [0.15, 0.2) is 42.6 Å². The second-order valence-corrected chi connectivity index (χ2v) is 4.09. The second-order valence-electron chi connectivity index (χ2n) is 3.69. The standard InChI is InChI=1S/C13H10ClFN2O/c14-11-2-1-7-16-13(11)17-12(18)8-9-3-5-10(15)6-4-9/h1-7H,8H2,(H,16,17,18). The van der Waals surface area contributed by atoms with Gasteiger partial charge >= 0.3 is 0 Å². The van der Waals surface area contributed by atoms with Crippen LogP contribution in [0.4, 0.5) is 10.2 Å². The summed E-state index contributed by atoms with van der Waals surface area (Å²) in [5.74, 6) is -0.250. The van der Waals surface area contributed by atoms with Gasteiger partial charge in [0.15, 0.2) is 5.82 Å². The summed E-state index contributed by atoms with van der Waals surface area (Å²) in [6.45, 7) is 0. The van der Waals surface area contributed by atoms with Gasteiger partial charge in [0.2, 0.25) is 5.91 Å². The second kappa shape index (κ2) is 5.60. The van der Waals surface area contributed by atoms with Crippen LogP contribution in [0.5, 0.6) is 0 Å². The van der Waals surface area contributed by atoms with Crippen molar-refractivity contribution < 1.29 is 9.18 Å². The Hall–Kier alpha value is -1.94. The first-order valence-electron chi connectivity index (χ1n) is 5.30. The monoisotopic (exact) mass is 264 g/mol. The molecule has 1 aromatic heterocycles. The van der Waals surface area contributed by atoms with Crippen LogP contribution in [0.3, 0.4) is 0 Å². The average molecular weight is 265 g/mol. The molecule has 18 heavy (non-hydrogen) atoms. The van der Waals surface area contributed by atoms with Gasteiger partial charge in [-0.25, -0.2) is 9.37 Å². The van der Waals surface area contributed by atoms with Crippen LogP contribution in [-0.4, -0.2) is 10.9 Å². The number of nitrogens with zero attached hydrogens (tertiary/aromatic N) is 1. The van der Waals surface area contributed by atoms with Gasteiger partial charge in [0.05, 0.1) is 11.4 Å². The molecule has 0 radical (unpaired) electrons. The van der Waals surface area contributed by atoms with Crippen LogP contribution in [0.2, 0.25) is 5.02 Å². The Labute approximate surface area is 109 Å². The van der Waals surface area contributed by atoms with Crippen molar-refractivity contribution in [2.75, 3.05) is 5.32 Å². The van der Waals surface area contributed by atoms with E-state index < -0.39 is 0 Å². The Morgan fingerprint density at radius 2 is 2.00 bits per heavy atom. The molecule has 1 heterocycles. The number of carbonyl (C=O) groups is 1. The van der Waals surface area contributed by atoms with Crippen molar-refractivity contribution in [2.24, 2.45) is 0 Å². The molecule has 0 aliphatic heterocycles. The molecule has 5 heteroatoms. The molecular weight excluding hydrogens is 255 g/mol. The molecule has 0 fully saturated rings. The molecule has 0 spiro atoms. The molecule has 2 aromatic rings. The Kier molecular flexibility index (Phi) is 3.89. The summed E-state index contributed by atoms with van der Waals surface area (Å²) in [4.78, 5) is 15.7. The number of pyridine rings is 1. The first-order valence-corrected chi connectivity index (χ1v) is 5.68. The molecule has 0 aliphatic carbocycles. The van der Waals surface area contributed by atoms with Crippen molar-refractivity contribution in [3.63, 3.8) is 0 Å². The van der Waals surface area contributed by atoms with E-state index >= 15 is 0 Å². The molecule has 0 atom stereocenters. The molecular formula is C13H10ClFN2O. The highest BCUT2D eigenvalue weighted by Gasteiger charge is 2.07. The minimum Gasteiger partial charge on any atom is -0.309 e. The molecule has 92 valence electrons. The number of anilines is 1. The molecule has 0 saturated heterocycles. The number of rotatable bonds is 3. The molecule has 3 nitrogen and oxygen atoms in total. The minimum atomic E-state index is -0.327. The minimum absolute atomic E-state index is 0.146. The summed E-state index contributed by atoms with van der Waals surface area (Å²) in [5.41, 5.74) is 0.723. The van der Waals surface area contributed by atoms with Crippen molar-refractivity contribution >= 4 is 23.3 Å². The van der Waals surface area contributed by atoms with Gasteiger partial charge in [-0.05, 0) is 29.8 Å². The van der Waals surface area contributed by atoms with Gasteiger partial charge in [0, 0.05) is 6.20 Å². The van der Waals surface area contributed by atoms with E-state index in [1.165, 1.54) is 12.1 Å². The van der Waals surface area contributed by atoms with Crippen molar-refractivity contribution in [2.45, 2.75) is 6.42 Å². The van der Waals surface area contributed by atoms with E-state index in [0.717, 1.165) is 5.56 Å². The Morgan fingerprint density at radius 1 is 1.28 bits per heavy atom. The number of amides is 1. The van der Waals surface area contributed by atoms with Crippen molar-refractivity contribution in [1.29, 1.82) is 0 Å². The van der Waals surface area contributed by atoms with Crippen molar-refractivity contribution in [3.8, 4) is 0 Å². The number of hydrogen-bond donors (Lipinski definition) is 1. The highest BCUT2D eigenvalue weighted by atomic mass is 35.5. The molecule has 1 N–H and O–H groups in total. The van der Waals surface area contributed by atoms with Crippen LogP contribution in [0.25, 0.3) is 0 Å². The van der Waals surface area contributed by atoms with E-state index in [4.69, 9.17) is 11.6 Å². The van der Waals surface area contributed by atoms with Crippen LogP contribution in [0.1, 0.15) is 5.56 Å². The summed E-state index contributed by atoms with van der Waals surface area (Å²) < 4.78 is 12.7. The third kappa shape index (κ3) is 3.28. The number of benzene rings is 1. The number of halogens is 2. The predicted octanol–water partition coefficient (Wildman–Crippen LogP) is 3.06. The summed E-state index contributed by atoms with van der Waals surface area (Å²) in [5, 5.41) is 2.98. The fourth-order valence-corrected chi connectivity index (χ4v) is 1.61. The maximum absolute atomic E-state index is 12.7. The van der Waals surface area contributed by atoms with Crippen LogP contribution < -0.4 is 5.32 Å². The predicted molar refractivity (Wildman–Crippen MR) is 68.0 cm³/mol. The van der Waals surface area contributed by atoms with Gasteiger partial charge in [-0.2, -0.15) is 0 Å². The zero-order valence-corrected chi connectivity index (χ0v) is 10.1. The Morgan fingerprint density at radius 3 is 2.67 bits per heavy atom. The lowest BCUT2D eigenvalue weighted by Crippen LogP contribution is -2.15. The van der Waals surface area contributed by atoms with Crippen LogP contribution in [0, 0.1) is 5.82 Å². The van der Waals surface area contributed by atoms with Gasteiger partial charge in [-0.15, -0.1) is 0 Å². The fraction of sp³-hybridized carbons (Fsp3) is 0.0769. The smallest absolute Gasteiger partial charge is 0.229 e. The van der Waals surface area contributed by atoms with Crippen molar-refractivity contribution in [1.82, 2.24) is 4.98 Å². The number of aromatic nitrogens is 1. The zero-order chi connectivity index (χ0) is 13.0. The zero-order valence-electron chi connectivity index (χ0n) is 9.36. The maximum atomic E-state index is 12.7. The SMILES string of the molecule is O=C(Cc1ccc(F)cc1)Nc1ncccc1Cl. The number of carbonyl (C=O) groups excluding carboxylic acids is 1. The number of nitrogens with one attached hydrogen (secondary N) is 1. The summed E-state index contributed by atoms with van der Waals surface area (Å²) in [6, 6.07) is 9.08. The normalized spacial score (nSPS) is 10.1.